The van der Waals surface area contributed by atoms with Gasteiger partial charge in [-0.1, -0.05) is 36.4 Å². The van der Waals surface area contributed by atoms with E-state index < -0.39 is 23.9 Å². The minimum atomic E-state index is -0.876. The molecular formula is C17H25NO4. The van der Waals surface area contributed by atoms with Gasteiger partial charge in [-0.2, -0.15) is 0 Å². The molecule has 1 rings (SSSR count). The monoisotopic (exact) mass is 307 g/mol. The number of amides is 1. The van der Waals surface area contributed by atoms with Crippen molar-refractivity contribution in [3.63, 3.8) is 0 Å². The lowest BCUT2D eigenvalue weighted by Crippen LogP contribution is -2.42. The molecule has 0 saturated carbocycles. The van der Waals surface area contributed by atoms with E-state index in [0.717, 1.165) is 5.56 Å². The van der Waals surface area contributed by atoms with E-state index in [0.29, 0.717) is 6.61 Å². The fraction of sp³-hybridized carbons (Fsp3) is 0.471. The van der Waals surface area contributed by atoms with E-state index in [1.807, 2.05) is 30.3 Å². The zero-order chi connectivity index (χ0) is 16.6. The first-order valence-corrected chi connectivity index (χ1v) is 7.25. The maximum Gasteiger partial charge on any atom is 0.407 e. The summed E-state index contributed by atoms with van der Waals surface area (Å²) in [7, 11) is 0. The van der Waals surface area contributed by atoms with Crippen LogP contribution in [0.15, 0.2) is 43.0 Å². The molecule has 0 spiro atoms. The third-order valence-electron chi connectivity index (χ3n) is 2.78. The van der Waals surface area contributed by atoms with Crippen LogP contribution in [0, 0.1) is 0 Å². The predicted octanol–water partition coefficient (Wildman–Crippen LogP) is 2.64. The Morgan fingerprint density at radius 2 is 2.00 bits per heavy atom. The summed E-state index contributed by atoms with van der Waals surface area (Å²) in [6.45, 7) is 9.38. The second-order valence-corrected chi connectivity index (χ2v) is 5.94. The number of carbonyl (C=O) groups excluding carboxylic acids is 1. The molecule has 1 amide bonds. The average molecular weight is 307 g/mol. The molecule has 2 atom stereocenters. The van der Waals surface area contributed by atoms with Gasteiger partial charge in [-0.05, 0) is 26.3 Å². The van der Waals surface area contributed by atoms with Gasteiger partial charge in [0.2, 0.25) is 0 Å². The van der Waals surface area contributed by atoms with Crippen LogP contribution in [0.5, 0.6) is 0 Å². The normalized spacial score (nSPS) is 14.0. The molecule has 5 heteroatoms. The molecule has 5 nitrogen and oxygen atoms in total. The van der Waals surface area contributed by atoms with Crippen LogP contribution >= 0.6 is 0 Å². The summed E-state index contributed by atoms with van der Waals surface area (Å²) in [5.41, 5.74) is 0.419. The minimum Gasteiger partial charge on any atom is -0.444 e. The van der Waals surface area contributed by atoms with Crippen LogP contribution in [-0.4, -0.2) is 35.6 Å². The molecule has 1 aromatic rings. The van der Waals surface area contributed by atoms with Gasteiger partial charge < -0.3 is 19.9 Å². The van der Waals surface area contributed by atoms with E-state index in [1.54, 1.807) is 20.8 Å². The highest BCUT2D eigenvalue weighted by Crippen LogP contribution is 2.09. The lowest BCUT2D eigenvalue weighted by atomic mass is 10.2. The van der Waals surface area contributed by atoms with Crippen LogP contribution < -0.4 is 5.32 Å². The molecule has 0 radical (unpaired) electrons. The van der Waals surface area contributed by atoms with Crippen LogP contribution in [0.4, 0.5) is 4.79 Å². The number of nitrogens with one attached hydrogen (secondary N) is 1. The Bertz CT molecular complexity index is 467. The van der Waals surface area contributed by atoms with Gasteiger partial charge in [0, 0.05) is 6.54 Å². The van der Waals surface area contributed by atoms with E-state index in [2.05, 4.69) is 11.9 Å². The third-order valence-corrected chi connectivity index (χ3v) is 2.78. The van der Waals surface area contributed by atoms with Crippen LogP contribution in [-0.2, 0) is 16.1 Å². The van der Waals surface area contributed by atoms with Gasteiger partial charge in [-0.15, -0.1) is 6.58 Å². The summed E-state index contributed by atoms with van der Waals surface area (Å²) in [5, 5.41) is 12.5. The number of aliphatic hydroxyl groups excluding tert-OH is 1. The molecular weight excluding hydrogens is 282 g/mol. The Balaban J connectivity index is 2.51. The molecule has 0 aromatic heterocycles. The van der Waals surface area contributed by atoms with E-state index in [1.165, 1.54) is 6.08 Å². The Kier molecular flexibility index (Phi) is 7.08. The summed E-state index contributed by atoms with van der Waals surface area (Å²) < 4.78 is 10.8. The van der Waals surface area contributed by atoms with Crippen LogP contribution in [0.1, 0.15) is 26.3 Å². The average Bonchev–Trinajstić information content (AvgIpc) is 2.45. The molecule has 0 bridgehead atoms. The van der Waals surface area contributed by atoms with Crippen molar-refractivity contribution in [3.8, 4) is 0 Å². The topological polar surface area (TPSA) is 67.8 Å². The largest absolute Gasteiger partial charge is 0.444 e. The first kappa shape index (κ1) is 18.2. The van der Waals surface area contributed by atoms with Gasteiger partial charge in [0.05, 0.1) is 12.7 Å². The zero-order valence-electron chi connectivity index (χ0n) is 13.4. The molecule has 0 heterocycles. The Morgan fingerprint density at radius 3 is 2.55 bits per heavy atom. The van der Waals surface area contributed by atoms with E-state index in [-0.39, 0.29) is 6.54 Å². The first-order chi connectivity index (χ1) is 10.3. The van der Waals surface area contributed by atoms with Gasteiger partial charge >= 0.3 is 6.09 Å². The number of alkyl carbamates (subject to hydrolysis) is 1. The summed E-state index contributed by atoms with van der Waals surface area (Å²) in [4.78, 5) is 11.7. The van der Waals surface area contributed by atoms with Gasteiger partial charge in [-0.3, -0.25) is 0 Å². The maximum atomic E-state index is 11.7. The number of rotatable bonds is 7. The Morgan fingerprint density at radius 1 is 1.36 bits per heavy atom. The Labute approximate surface area is 131 Å². The van der Waals surface area contributed by atoms with Crippen molar-refractivity contribution in [2.75, 3.05) is 6.54 Å². The van der Waals surface area contributed by atoms with E-state index in [4.69, 9.17) is 9.47 Å². The van der Waals surface area contributed by atoms with Crippen molar-refractivity contribution >= 4 is 6.09 Å². The molecule has 2 N–H and O–H groups in total. The highest BCUT2D eigenvalue weighted by atomic mass is 16.6. The molecule has 0 aliphatic rings. The SMILES string of the molecule is C=C[C@H](O)[C@H](CNC(=O)OC(C)(C)C)OCc1ccccc1. The lowest BCUT2D eigenvalue weighted by Gasteiger charge is -2.24. The summed E-state index contributed by atoms with van der Waals surface area (Å²) in [5.74, 6) is 0. The van der Waals surface area contributed by atoms with Crippen molar-refractivity contribution in [3.05, 3.63) is 48.6 Å². The van der Waals surface area contributed by atoms with Crippen molar-refractivity contribution in [1.82, 2.24) is 5.32 Å². The molecule has 0 unspecified atom stereocenters. The number of benzene rings is 1. The van der Waals surface area contributed by atoms with Gasteiger partial charge in [0.15, 0.2) is 0 Å². The molecule has 122 valence electrons. The molecule has 1 aromatic carbocycles. The van der Waals surface area contributed by atoms with E-state index in [9.17, 15) is 9.90 Å². The van der Waals surface area contributed by atoms with Crippen LogP contribution in [0.25, 0.3) is 0 Å². The molecule has 0 aliphatic heterocycles. The second-order valence-electron chi connectivity index (χ2n) is 5.94. The maximum absolute atomic E-state index is 11.7. The van der Waals surface area contributed by atoms with Gasteiger partial charge in [0.25, 0.3) is 0 Å². The van der Waals surface area contributed by atoms with E-state index >= 15 is 0 Å². The van der Waals surface area contributed by atoms with Crippen molar-refractivity contribution in [2.24, 2.45) is 0 Å². The van der Waals surface area contributed by atoms with Gasteiger partial charge in [-0.25, -0.2) is 4.79 Å². The molecule has 0 fully saturated rings. The standard InChI is InChI=1S/C17H25NO4/c1-5-14(19)15(11-18-16(20)22-17(2,3)4)21-12-13-9-7-6-8-10-13/h5-10,14-15,19H,1,11-12H2,2-4H3,(H,18,20)/t14-,15-/m0/s1. The predicted molar refractivity (Wildman–Crippen MR) is 85.5 cm³/mol. The number of hydrogen-bond donors (Lipinski definition) is 2. The third kappa shape index (κ3) is 7.24. The van der Waals surface area contributed by atoms with Crippen molar-refractivity contribution in [2.45, 2.75) is 45.2 Å². The molecule has 22 heavy (non-hydrogen) atoms. The zero-order valence-corrected chi connectivity index (χ0v) is 13.4. The quantitative estimate of drug-likeness (QED) is 0.760. The van der Waals surface area contributed by atoms with Crippen LogP contribution in [0.3, 0.4) is 0 Å². The Hall–Kier alpha value is -1.85. The number of hydrogen-bond acceptors (Lipinski definition) is 4. The fourth-order valence-electron chi connectivity index (χ4n) is 1.71. The van der Waals surface area contributed by atoms with Crippen molar-refractivity contribution in [1.29, 1.82) is 0 Å². The summed E-state index contributed by atoms with van der Waals surface area (Å²) in [6, 6.07) is 9.61. The highest BCUT2D eigenvalue weighted by Gasteiger charge is 2.21. The van der Waals surface area contributed by atoms with Crippen molar-refractivity contribution < 1.29 is 19.4 Å². The lowest BCUT2D eigenvalue weighted by molar-refractivity contribution is -0.0269. The summed E-state index contributed by atoms with van der Waals surface area (Å²) in [6.07, 6.45) is -0.632. The van der Waals surface area contributed by atoms with Crippen LogP contribution in [0.2, 0.25) is 0 Å². The second kappa shape index (κ2) is 8.56. The summed E-state index contributed by atoms with van der Waals surface area (Å²) >= 11 is 0. The number of aliphatic hydroxyl groups is 1. The van der Waals surface area contributed by atoms with Gasteiger partial charge in [0.1, 0.15) is 11.7 Å². The number of ether oxygens (including phenoxy) is 2. The first-order valence-electron chi connectivity index (χ1n) is 7.25. The minimum absolute atomic E-state index is 0.134. The smallest absolute Gasteiger partial charge is 0.407 e. The molecule has 0 saturated heterocycles. The highest BCUT2D eigenvalue weighted by molar-refractivity contribution is 5.67. The number of carbonyl (C=O) groups is 1. The molecule has 0 aliphatic carbocycles. The fourth-order valence-corrected chi connectivity index (χ4v) is 1.71.